The highest BCUT2D eigenvalue weighted by Crippen LogP contribution is 2.31. The van der Waals surface area contributed by atoms with Gasteiger partial charge in [0, 0.05) is 22.3 Å². The molecule has 0 fully saturated rings. The van der Waals surface area contributed by atoms with Crippen LogP contribution in [-0.2, 0) is 6.42 Å². The normalized spacial score (nSPS) is 10.9. The summed E-state index contributed by atoms with van der Waals surface area (Å²) in [6, 6.07) is 17.2. The zero-order valence-electron chi connectivity index (χ0n) is 12.1. The van der Waals surface area contributed by atoms with Crippen molar-refractivity contribution in [2.45, 2.75) is 20.3 Å². The van der Waals surface area contributed by atoms with Gasteiger partial charge in [-0.15, -0.1) is 0 Å². The summed E-state index contributed by atoms with van der Waals surface area (Å²) in [7, 11) is 0. The standard InChI is InChI=1S/C19H19N/c1-4-15-10-6-8-12-18(15)20-14(3)16(5-2)17-11-7-9-13-19(17)20/h5-13H,2,4H2,1,3H3. The highest BCUT2D eigenvalue weighted by atomic mass is 15.0. The van der Waals surface area contributed by atoms with E-state index in [1.807, 2.05) is 6.08 Å². The van der Waals surface area contributed by atoms with Gasteiger partial charge in [0.1, 0.15) is 0 Å². The van der Waals surface area contributed by atoms with Crippen LogP contribution in [0.2, 0.25) is 0 Å². The van der Waals surface area contributed by atoms with Gasteiger partial charge in [-0.05, 0) is 31.0 Å². The molecule has 0 aliphatic carbocycles. The lowest BCUT2D eigenvalue weighted by molar-refractivity contribution is 1.00. The van der Waals surface area contributed by atoms with E-state index in [-0.39, 0.29) is 0 Å². The van der Waals surface area contributed by atoms with E-state index < -0.39 is 0 Å². The molecular weight excluding hydrogens is 242 g/mol. The predicted molar refractivity (Wildman–Crippen MR) is 87.5 cm³/mol. The fraction of sp³-hybridized carbons (Fsp3) is 0.158. The third-order valence-electron chi connectivity index (χ3n) is 3.98. The molecule has 0 bridgehead atoms. The van der Waals surface area contributed by atoms with Gasteiger partial charge in [-0.25, -0.2) is 0 Å². The highest BCUT2D eigenvalue weighted by molar-refractivity contribution is 5.92. The van der Waals surface area contributed by atoms with Crippen LogP contribution in [0.5, 0.6) is 0 Å². The number of benzene rings is 2. The van der Waals surface area contributed by atoms with Crippen LogP contribution >= 0.6 is 0 Å². The SMILES string of the molecule is C=Cc1c(C)n(-c2ccccc2CC)c2ccccc12. The van der Waals surface area contributed by atoms with E-state index in [9.17, 15) is 0 Å². The average molecular weight is 261 g/mol. The lowest BCUT2D eigenvalue weighted by Crippen LogP contribution is -2.00. The van der Waals surface area contributed by atoms with E-state index in [2.05, 4.69) is 73.5 Å². The van der Waals surface area contributed by atoms with Crippen molar-refractivity contribution in [2.24, 2.45) is 0 Å². The van der Waals surface area contributed by atoms with E-state index in [1.165, 1.54) is 33.4 Å². The molecule has 0 unspecified atom stereocenters. The zero-order chi connectivity index (χ0) is 14.1. The van der Waals surface area contributed by atoms with E-state index in [4.69, 9.17) is 0 Å². The fourth-order valence-electron chi connectivity index (χ4n) is 2.99. The monoisotopic (exact) mass is 261 g/mol. The van der Waals surface area contributed by atoms with E-state index in [1.54, 1.807) is 0 Å². The first-order valence-corrected chi connectivity index (χ1v) is 7.08. The molecule has 1 aromatic heterocycles. The van der Waals surface area contributed by atoms with Crippen LogP contribution in [0.25, 0.3) is 22.7 Å². The number of nitrogens with zero attached hydrogens (tertiary/aromatic N) is 1. The first-order valence-electron chi connectivity index (χ1n) is 7.08. The Labute approximate surface area is 120 Å². The maximum atomic E-state index is 3.98. The summed E-state index contributed by atoms with van der Waals surface area (Å²) in [6.07, 6.45) is 2.99. The van der Waals surface area contributed by atoms with Gasteiger partial charge in [0.2, 0.25) is 0 Å². The molecule has 1 heterocycles. The predicted octanol–water partition coefficient (Wildman–Crippen LogP) is 5.14. The second kappa shape index (κ2) is 5.01. The summed E-state index contributed by atoms with van der Waals surface area (Å²) in [4.78, 5) is 0. The van der Waals surface area contributed by atoms with Crippen molar-refractivity contribution in [3.05, 3.63) is 71.9 Å². The molecule has 0 amide bonds. The van der Waals surface area contributed by atoms with Crippen molar-refractivity contribution in [1.29, 1.82) is 0 Å². The van der Waals surface area contributed by atoms with Crippen molar-refractivity contribution in [1.82, 2.24) is 4.57 Å². The molecule has 2 aromatic carbocycles. The first kappa shape index (κ1) is 12.7. The Bertz CT molecular complexity index is 778. The van der Waals surface area contributed by atoms with Crippen molar-refractivity contribution < 1.29 is 0 Å². The molecule has 3 rings (SSSR count). The Hall–Kier alpha value is -2.28. The third-order valence-corrected chi connectivity index (χ3v) is 3.98. The molecule has 3 aromatic rings. The van der Waals surface area contributed by atoms with Crippen molar-refractivity contribution >= 4 is 17.0 Å². The minimum absolute atomic E-state index is 1.03. The number of para-hydroxylation sites is 2. The van der Waals surface area contributed by atoms with Crippen LogP contribution in [-0.4, -0.2) is 4.57 Å². The number of aryl methyl sites for hydroxylation is 1. The van der Waals surface area contributed by atoms with Gasteiger partial charge in [-0.2, -0.15) is 0 Å². The Morgan fingerprint density at radius 2 is 1.75 bits per heavy atom. The van der Waals surface area contributed by atoms with Gasteiger partial charge >= 0.3 is 0 Å². The molecule has 0 saturated heterocycles. The lowest BCUT2D eigenvalue weighted by Gasteiger charge is -2.13. The molecule has 0 spiro atoms. The van der Waals surface area contributed by atoms with Gasteiger partial charge in [-0.3, -0.25) is 0 Å². The van der Waals surface area contributed by atoms with Gasteiger partial charge in [0.15, 0.2) is 0 Å². The number of aromatic nitrogens is 1. The molecule has 100 valence electrons. The van der Waals surface area contributed by atoms with Crippen LogP contribution in [0.1, 0.15) is 23.7 Å². The van der Waals surface area contributed by atoms with Gasteiger partial charge in [-0.1, -0.05) is 56.0 Å². The maximum Gasteiger partial charge on any atom is 0.0537 e. The number of rotatable bonds is 3. The molecule has 1 heteroatoms. The summed E-state index contributed by atoms with van der Waals surface area (Å²) >= 11 is 0. The number of fused-ring (bicyclic) bond motifs is 1. The van der Waals surface area contributed by atoms with Crippen molar-refractivity contribution in [3.63, 3.8) is 0 Å². The van der Waals surface area contributed by atoms with E-state index in [0.29, 0.717) is 0 Å². The Kier molecular flexibility index (Phi) is 3.19. The van der Waals surface area contributed by atoms with Crippen LogP contribution in [0, 0.1) is 6.92 Å². The Balaban J connectivity index is 2.42. The second-order valence-electron chi connectivity index (χ2n) is 5.04. The summed E-state index contributed by atoms with van der Waals surface area (Å²) in [5, 5.41) is 1.27. The molecule has 0 radical (unpaired) electrons. The molecule has 0 aliphatic rings. The summed E-state index contributed by atoms with van der Waals surface area (Å²) in [5.41, 5.74) is 6.37. The fourth-order valence-corrected chi connectivity index (χ4v) is 2.99. The van der Waals surface area contributed by atoms with Crippen LogP contribution in [0.15, 0.2) is 55.1 Å². The topological polar surface area (TPSA) is 4.93 Å². The van der Waals surface area contributed by atoms with Crippen LogP contribution in [0.4, 0.5) is 0 Å². The maximum absolute atomic E-state index is 3.98. The first-order chi connectivity index (χ1) is 9.77. The zero-order valence-corrected chi connectivity index (χ0v) is 12.1. The number of hydrogen-bond acceptors (Lipinski definition) is 0. The minimum atomic E-state index is 1.03. The minimum Gasteiger partial charge on any atom is -0.313 e. The molecule has 20 heavy (non-hydrogen) atoms. The van der Waals surface area contributed by atoms with Crippen LogP contribution < -0.4 is 0 Å². The Morgan fingerprint density at radius 1 is 1.05 bits per heavy atom. The van der Waals surface area contributed by atoms with Gasteiger partial charge < -0.3 is 4.57 Å². The summed E-state index contributed by atoms with van der Waals surface area (Å²) in [5.74, 6) is 0. The average Bonchev–Trinajstić information content (AvgIpc) is 2.78. The molecule has 1 nitrogen and oxygen atoms in total. The van der Waals surface area contributed by atoms with Crippen LogP contribution in [0.3, 0.4) is 0 Å². The highest BCUT2D eigenvalue weighted by Gasteiger charge is 2.14. The quantitative estimate of drug-likeness (QED) is 0.615. The third kappa shape index (κ3) is 1.78. The summed E-state index contributed by atoms with van der Waals surface area (Å²) in [6.45, 7) is 8.35. The Morgan fingerprint density at radius 3 is 2.50 bits per heavy atom. The smallest absolute Gasteiger partial charge is 0.0537 e. The number of hydrogen-bond donors (Lipinski definition) is 0. The molecule has 0 atom stereocenters. The summed E-state index contributed by atoms with van der Waals surface area (Å²) < 4.78 is 2.35. The van der Waals surface area contributed by atoms with Crippen molar-refractivity contribution in [2.75, 3.05) is 0 Å². The van der Waals surface area contributed by atoms with Gasteiger partial charge in [0.25, 0.3) is 0 Å². The second-order valence-corrected chi connectivity index (χ2v) is 5.04. The van der Waals surface area contributed by atoms with E-state index in [0.717, 1.165) is 6.42 Å². The molecule has 0 aliphatic heterocycles. The lowest BCUT2D eigenvalue weighted by atomic mass is 10.1. The van der Waals surface area contributed by atoms with Gasteiger partial charge in [0.05, 0.1) is 5.52 Å². The molecule has 0 N–H and O–H groups in total. The molecule has 0 saturated carbocycles. The van der Waals surface area contributed by atoms with Crippen molar-refractivity contribution in [3.8, 4) is 5.69 Å². The molecular formula is C19H19N. The largest absolute Gasteiger partial charge is 0.313 e. The van der Waals surface area contributed by atoms with E-state index >= 15 is 0 Å².